The number of carbonyl (C=O) groups is 1. The fourth-order valence-electron chi connectivity index (χ4n) is 2.16. The zero-order valence-corrected chi connectivity index (χ0v) is 12.1. The molecule has 0 spiro atoms. The number of imidazole rings is 1. The van der Waals surface area contributed by atoms with Crippen molar-refractivity contribution in [1.29, 1.82) is 0 Å². The van der Waals surface area contributed by atoms with E-state index >= 15 is 0 Å². The first kappa shape index (κ1) is 14.6. The Morgan fingerprint density at radius 1 is 1.22 bits per heavy atom. The highest BCUT2D eigenvalue weighted by atomic mass is 16.4. The molecule has 0 aliphatic rings. The summed E-state index contributed by atoms with van der Waals surface area (Å²) in [5, 5.41) is 9.50. The van der Waals surface area contributed by atoms with Crippen molar-refractivity contribution in [3.05, 3.63) is 60.6 Å². The molecule has 3 rings (SSSR count). The van der Waals surface area contributed by atoms with Crippen molar-refractivity contribution < 1.29 is 9.90 Å². The molecule has 0 aliphatic heterocycles. The van der Waals surface area contributed by atoms with Crippen LogP contribution in [0, 0.1) is 0 Å². The molecule has 116 valence electrons. The monoisotopic (exact) mass is 310 g/mol. The van der Waals surface area contributed by atoms with Gasteiger partial charge in [0.25, 0.3) is 0 Å². The molecule has 0 bridgehead atoms. The second kappa shape index (κ2) is 6.22. The molecule has 0 fully saturated rings. The van der Waals surface area contributed by atoms with Gasteiger partial charge in [0.1, 0.15) is 18.1 Å². The van der Waals surface area contributed by atoms with E-state index in [1.54, 1.807) is 47.6 Å². The predicted octanol–water partition coefficient (Wildman–Crippen LogP) is 1.05. The van der Waals surface area contributed by atoms with E-state index in [4.69, 9.17) is 5.73 Å². The van der Waals surface area contributed by atoms with Crippen molar-refractivity contribution in [1.82, 2.24) is 24.5 Å². The quantitative estimate of drug-likeness (QED) is 0.722. The van der Waals surface area contributed by atoms with Gasteiger partial charge in [0.15, 0.2) is 0 Å². The number of aromatic nitrogens is 5. The predicted molar refractivity (Wildman–Crippen MR) is 81.9 cm³/mol. The second-order valence-electron chi connectivity index (χ2n) is 4.94. The first-order chi connectivity index (χ1) is 11.1. The first-order valence-electron chi connectivity index (χ1n) is 6.88. The minimum atomic E-state index is -0.957. The Kier molecular flexibility index (Phi) is 3.96. The lowest BCUT2D eigenvalue weighted by Crippen LogP contribution is -2.15. The fraction of sp³-hybridized carbons (Fsp3) is 0.133. The van der Waals surface area contributed by atoms with Crippen LogP contribution in [0.15, 0.2) is 49.3 Å². The third-order valence-electron chi connectivity index (χ3n) is 3.33. The van der Waals surface area contributed by atoms with Crippen LogP contribution >= 0.6 is 0 Å². The van der Waals surface area contributed by atoms with E-state index in [0.717, 1.165) is 5.56 Å². The Balaban J connectivity index is 1.86. The number of nitrogen functional groups attached to an aromatic ring is 1. The van der Waals surface area contributed by atoms with E-state index in [1.165, 1.54) is 6.33 Å². The van der Waals surface area contributed by atoms with Gasteiger partial charge < -0.3 is 10.8 Å². The van der Waals surface area contributed by atoms with Gasteiger partial charge in [-0.3, -0.25) is 9.36 Å². The van der Waals surface area contributed by atoms with Crippen LogP contribution in [0.3, 0.4) is 0 Å². The minimum absolute atomic E-state index is 0.273. The van der Waals surface area contributed by atoms with E-state index in [0.29, 0.717) is 17.5 Å². The van der Waals surface area contributed by atoms with Crippen molar-refractivity contribution in [3.63, 3.8) is 0 Å². The van der Waals surface area contributed by atoms with Crippen LogP contribution < -0.4 is 5.73 Å². The van der Waals surface area contributed by atoms with Gasteiger partial charge in [-0.1, -0.05) is 6.07 Å². The summed E-state index contributed by atoms with van der Waals surface area (Å²) in [6, 6.07) is 5.11. The Labute approximate surface area is 131 Å². The van der Waals surface area contributed by atoms with Crippen molar-refractivity contribution >= 4 is 11.8 Å². The number of nitrogens with zero attached hydrogens (tertiary/aromatic N) is 5. The molecular weight excluding hydrogens is 296 g/mol. The Morgan fingerprint density at radius 3 is 2.65 bits per heavy atom. The van der Waals surface area contributed by atoms with Crippen molar-refractivity contribution in [2.24, 2.45) is 0 Å². The number of hydrogen-bond donors (Lipinski definition) is 2. The molecule has 3 heterocycles. The van der Waals surface area contributed by atoms with Crippen molar-refractivity contribution in [3.8, 4) is 5.95 Å². The lowest BCUT2D eigenvalue weighted by molar-refractivity contribution is -0.138. The zero-order chi connectivity index (χ0) is 16.2. The van der Waals surface area contributed by atoms with Crippen LogP contribution in [-0.2, 0) is 11.2 Å². The molecule has 3 aromatic rings. The van der Waals surface area contributed by atoms with Crippen LogP contribution in [0.5, 0.6) is 0 Å². The number of carboxylic acid groups (broad SMARTS) is 1. The summed E-state index contributed by atoms with van der Waals surface area (Å²) in [6.07, 6.45) is 8.19. The summed E-state index contributed by atoms with van der Waals surface area (Å²) >= 11 is 0. The van der Waals surface area contributed by atoms with Crippen LogP contribution in [0.2, 0.25) is 0 Å². The van der Waals surface area contributed by atoms with E-state index in [1.807, 2.05) is 0 Å². The minimum Gasteiger partial charge on any atom is -0.481 e. The summed E-state index contributed by atoms with van der Waals surface area (Å²) in [7, 11) is 0. The normalized spacial score (nSPS) is 12.0. The van der Waals surface area contributed by atoms with Crippen LogP contribution in [0.4, 0.5) is 5.82 Å². The van der Waals surface area contributed by atoms with E-state index < -0.39 is 11.9 Å². The molecule has 0 saturated heterocycles. The molecule has 3 N–H and O–H groups in total. The molecule has 0 saturated carbocycles. The SMILES string of the molecule is Nc1ccc(CC(C(=O)O)c2cn(-c3ncccn3)cn2)cn1. The fourth-order valence-corrected chi connectivity index (χ4v) is 2.16. The molecule has 1 unspecified atom stereocenters. The number of aliphatic carboxylic acids is 1. The maximum atomic E-state index is 11.6. The Hall–Kier alpha value is -3.29. The third-order valence-corrected chi connectivity index (χ3v) is 3.33. The van der Waals surface area contributed by atoms with Gasteiger partial charge in [-0.25, -0.2) is 19.9 Å². The molecule has 0 aromatic carbocycles. The smallest absolute Gasteiger partial charge is 0.312 e. The largest absolute Gasteiger partial charge is 0.481 e. The number of carboxylic acids is 1. The molecule has 0 radical (unpaired) electrons. The molecule has 0 amide bonds. The topological polar surface area (TPSA) is 120 Å². The molecule has 23 heavy (non-hydrogen) atoms. The molecule has 1 atom stereocenters. The van der Waals surface area contributed by atoms with Crippen molar-refractivity contribution in [2.75, 3.05) is 5.73 Å². The molecule has 8 heteroatoms. The Bertz CT molecular complexity index is 800. The average Bonchev–Trinajstić information content (AvgIpc) is 3.04. The summed E-state index contributed by atoms with van der Waals surface area (Å²) in [6.45, 7) is 0. The highest BCUT2D eigenvalue weighted by Gasteiger charge is 2.23. The van der Waals surface area contributed by atoms with Gasteiger partial charge in [0.05, 0.1) is 5.69 Å². The highest BCUT2D eigenvalue weighted by Crippen LogP contribution is 2.20. The maximum Gasteiger partial charge on any atom is 0.312 e. The molecular formula is C15H14N6O2. The van der Waals surface area contributed by atoms with Crippen LogP contribution in [-0.4, -0.2) is 35.6 Å². The third kappa shape index (κ3) is 3.31. The number of pyridine rings is 1. The number of anilines is 1. The lowest BCUT2D eigenvalue weighted by Gasteiger charge is -2.09. The van der Waals surface area contributed by atoms with Crippen LogP contribution in [0.1, 0.15) is 17.2 Å². The van der Waals surface area contributed by atoms with Gasteiger partial charge in [-0.15, -0.1) is 0 Å². The van der Waals surface area contributed by atoms with Gasteiger partial charge in [0.2, 0.25) is 5.95 Å². The number of rotatable bonds is 5. The zero-order valence-electron chi connectivity index (χ0n) is 12.1. The molecule has 8 nitrogen and oxygen atoms in total. The molecule has 3 aromatic heterocycles. The van der Waals surface area contributed by atoms with E-state index in [2.05, 4.69) is 19.9 Å². The first-order valence-corrected chi connectivity index (χ1v) is 6.88. The summed E-state index contributed by atoms with van der Waals surface area (Å²) in [4.78, 5) is 28.0. The molecule has 0 aliphatic carbocycles. The van der Waals surface area contributed by atoms with Gasteiger partial charge in [-0.05, 0) is 24.1 Å². The summed E-state index contributed by atoms with van der Waals surface area (Å²) in [5.74, 6) is -0.915. The summed E-state index contributed by atoms with van der Waals surface area (Å²) < 4.78 is 1.59. The average molecular weight is 310 g/mol. The Morgan fingerprint density at radius 2 is 2.00 bits per heavy atom. The number of nitrogens with two attached hydrogens (primary N) is 1. The van der Waals surface area contributed by atoms with Crippen LogP contribution in [0.25, 0.3) is 5.95 Å². The van der Waals surface area contributed by atoms with Gasteiger partial charge in [-0.2, -0.15) is 0 Å². The maximum absolute atomic E-state index is 11.6. The van der Waals surface area contributed by atoms with Crippen molar-refractivity contribution in [2.45, 2.75) is 12.3 Å². The highest BCUT2D eigenvalue weighted by molar-refractivity contribution is 5.75. The number of hydrogen-bond acceptors (Lipinski definition) is 6. The van der Waals surface area contributed by atoms with Gasteiger partial charge >= 0.3 is 5.97 Å². The summed E-state index contributed by atoms with van der Waals surface area (Å²) in [5.41, 5.74) is 6.75. The van der Waals surface area contributed by atoms with Gasteiger partial charge in [0, 0.05) is 24.8 Å². The second-order valence-corrected chi connectivity index (χ2v) is 4.94. The van der Waals surface area contributed by atoms with E-state index in [-0.39, 0.29) is 6.42 Å². The standard InChI is InChI=1S/C15H14N6O2/c16-13-3-2-10(7-19-13)6-11(14(22)23)12-8-21(9-20-12)15-17-4-1-5-18-15/h1-5,7-9,11H,6H2,(H2,16,19)(H,22,23). The lowest BCUT2D eigenvalue weighted by atomic mass is 9.98. The van der Waals surface area contributed by atoms with E-state index in [9.17, 15) is 9.90 Å².